The van der Waals surface area contributed by atoms with Crippen molar-refractivity contribution in [3.05, 3.63) is 28.2 Å². The quantitative estimate of drug-likeness (QED) is 0.761. The molecule has 0 radical (unpaired) electrons. The number of halogens is 1. The van der Waals surface area contributed by atoms with Crippen molar-refractivity contribution < 1.29 is 0 Å². The van der Waals surface area contributed by atoms with Gasteiger partial charge in [-0.05, 0) is 49.4 Å². The van der Waals surface area contributed by atoms with Gasteiger partial charge >= 0.3 is 0 Å². The van der Waals surface area contributed by atoms with Gasteiger partial charge in [-0.2, -0.15) is 0 Å². The number of anilines is 1. The predicted octanol–water partition coefficient (Wildman–Crippen LogP) is 4.71. The molecule has 3 N–H and O–H groups in total. The van der Waals surface area contributed by atoms with Gasteiger partial charge in [0.2, 0.25) is 0 Å². The second-order valence-electron chi connectivity index (χ2n) is 5.70. The minimum Gasteiger partial charge on any atom is -0.378 e. The highest BCUT2D eigenvalue weighted by molar-refractivity contribution is 9.10. The predicted molar refractivity (Wildman–Crippen MR) is 88.7 cm³/mol. The zero-order valence-electron chi connectivity index (χ0n) is 12.6. The van der Waals surface area contributed by atoms with Crippen molar-refractivity contribution in [1.82, 2.24) is 0 Å². The summed E-state index contributed by atoms with van der Waals surface area (Å²) in [6.07, 6.45) is 3.35. The third-order valence-corrected chi connectivity index (χ3v) is 4.41. The number of hydrogen-bond acceptors (Lipinski definition) is 2. The Morgan fingerprint density at radius 3 is 2.47 bits per heavy atom. The van der Waals surface area contributed by atoms with E-state index in [1.807, 2.05) is 0 Å². The van der Waals surface area contributed by atoms with Gasteiger partial charge < -0.3 is 11.1 Å². The van der Waals surface area contributed by atoms with Crippen molar-refractivity contribution in [2.45, 2.75) is 52.5 Å². The molecule has 0 aliphatic heterocycles. The van der Waals surface area contributed by atoms with Gasteiger partial charge in [0.15, 0.2) is 0 Å². The molecule has 2 unspecified atom stereocenters. The first-order valence-electron chi connectivity index (χ1n) is 7.20. The lowest BCUT2D eigenvalue weighted by Gasteiger charge is -2.36. The molecular weight excluding hydrogens is 300 g/mol. The average Bonchev–Trinajstić information content (AvgIpc) is 2.36. The van der Waals surface area contributed by atoms with Crippen LogP contribution in [0.4, 0.5) is 5.69 Å². The van der Waals surface area contributed by atoms with Crippen molar-refractivity contribution in [3.63, 3.8) is 0 Å². The number of hydrogen-bond donors (Lipinski definition) is 2. The summed E-state index contributed by atoms with van der Waals surface area (Å²) in [4.78, 5) is 0. The number of benzene rings is 1. The van der Waals surface area contributed by atoms with Crippen LogP contribution in [0.15, 0.2) is 22.7 Å². The molecule has 108 valence electrons. The molecular formula is C16H27BrN2. The fraction of sp³-hybridized carbons (Fsp3) is 0.625. The topological polar surface area (TPSA) is 38.0 Å². The second kappa shape index (κ2) is 7.30. The maximum Gasteiger partial charge on any atom is 0.0495 e. The van der Waals surface area contributed by atoms with Gasteiger partial charge in [0.1, 0.15) is 0 Å². The Balaban J connectivity index is 2.93. The molecule has 0 aliphatic rings. The molecule has 0 bridgehead atoms. The van der Waals surface area contributed by atoms with Crippen LogP contribution < -0.4 is 11.1 Å². The zero-order chi connectivity index (χ0) is 14.5. The van der Waals surface area contributed by atoms with Crippen molar-refractivity contribution in [2.75, 3.05) is 11.9 Å². The smallest absolute Gasteiger partial charge is 0.0495 e. The van der Waals surface area contributed by atoms with Crippen molar-refractivity contribution in [3.8, 4) is 0 Å². The Kier molecular flexibility index (Phi) is 6.34. The SMILES string of the molecule is CCC(C)CC(CC)(CN)Nc1cc(C)cc(Br)c1. The van der Waals surface area contributed by atoms with E-state index in [0.29, 0.717) is 12.5 Å². The molecule has 19 heavy (non-hydrogen) atoms. The molecule has 0 heterocycles. The lowest BCUT2D eigenvalue weighted by Crippen LogP contribution is -2.46. The summed E-state index contributed by atoms with van der Waals surface area (Å²) in [5.74, 6) is 0.684. The highest BCUT2D eigenvalue weighted by atomic mass is 79.9. The van der Waals surface area contributed by atoms with Gasteiger partial charge in [-0.15, -0.1) is 0 Å². The molecule has 2 atom stereocenters. The van der Waals surface area contributed by atoms with E-state index in [0.717, 1.165) is 23.0 Å². The summed E-state index contributed by atoms with van der Waals surface area (Å²) in [6, 6.07) is 6.43. The minimum atomic E-state index is 0.00264. The van der Waals surface area contributed by atoms with E-state index in [2.05, 4.69) is 67.1 Å². The molecule has 0 saturated carbocycles. The summed E-state index contributed by atoms with van der Waals surface area (Å²) < 4.78 is 1.11. The fourth-order valence-corrected chi connectivity index (χ4v) is 3.10. The molecule has 0 fully saturated rings. The van der Waals surface area contributed by atoms with Gasteiger partial charge in [-0.3, -0.25) is 0 Å². The monoisotopic (exact) mass is 326 g/mol. The number of nitrogens with two attached hydrogens (primary N) is 1. The molecule has 0 aromatic heterocycles. The van der Waals surface area contributed by atoms with Crippen LogP contribution in [0.5, 0.6) is 0 Å². The molecule has 0 amide bonds. The van der Waals surface area contributed by atoms with E-state index in [4.69, 9.17) is 5.73 Å². The normalized spacial score (nSPS) is 15.9. The maximum atomic E-state index is 6.07. The average molecular weight is 327 g/mol. The van der Waals surface area contributed by atoms with Crippen molar-refractivity contribution in [1.29, 1.82) is 0 Å². The van der Waals surface area contributed by atoms with Gasteiger partial charge in [-0.1, -0.05) is 43.1 Å². The van der Waals surface area contributed by atoms with Crippen LogP contribution in [0.3, 0.4) is 0 Å². The molecule has 1 aromatic rings. The van der Waals surface area contributed by atoms with Gasteiger partial charge in [0.05, 0.1) is 0 Å². The largest absolute Gasteiger partial charge is 0.378 e. The van der Waals surface area contributed by atoms with Crippen LogP contribution in [-0.4, -0.2) is 12.1 Å². The van der Waals surface area contributed by atoms with E-state index in [1.54, 1.807) is 0 Å². The Morgan fingerprint density at radius 2 is 2.00 bits per heavy atom. The first-order valence-corrected chi connectivity index (χ1v) is 7.99. The highest BCUT2D eigenvalue weighted by Gasteiger charge is 2.28. The lowest BCUT2D eigenvalue weighted by atomic mass is 9.84. The second-order valence-corrected chi connectivity index (χ2v) is 6.61. The van der Waals surface area contributed by atoms with E-state index in [1.165, 1.54) is 12.0 Å². The molecule has 0 aliphatic carbocycles. The lowest BCUT2D eigenvalue weighted by molar-refractivity contribution is 0.346. The summed E-state index contributed by atoms with van der Waals surface area (Å²) in [6.45, 7) is 9.53. The van der Waals surface area contributed by atoms with Gasteiger partial charge in [0.25, 0.3) is 0 Å². The number of aryl methyl sites for hydroxylation is 1. The molecule has 2 nitrogen and oxygen atoms in total. The van der Waals surface area contributed by atoms with Gasteiger partial charge in [0, 0.05) is 22.2 Å². The summed E-state index contributed by atoms with van der Waals surface area (Å²) in [5, 5.41) is 3.68. The maximum absolute atomic E-state index is 6.07. The minimum absolute atomic E-state index is 0.00264. The molecule has 0 saturated heterocycles. The van der Waals surface area contributed by atoms with Crippen LogP contribution in [0.2, 0.25) is 0 Å². The molecule has 3 heteroatoms. The van der Waals surface area contributed by atoms with Crippen LogP contribution in [-0.2, 0) is 0 Å². The number of nitrogens with one attached hydrogen (secondary N) is 1. The van der Waals surface area contributed by atoms with E-state index < -0.39 is 0 Å². The van der Waals surface area contributed by atoms with Crippen LogP contribution in [0, 0.1) is 12.8 Å². The third kappa shape index (κ3) is 4.81. The first-order chi connectivity index (χ1) is 8.94. The number of rotatable bonds is 7. The van der Waals surface area contributed by atoms with E-state index >= 15 is 0 Å². The Bertz CT molecular complexity index is 379. The van der Waals surface area contributed by atoms with Crippen molar-refractivity contribution in [2.24, 2.45) is 11.7 Å². The van der Waals surface area contributed by atoms with Crippen molar-refractivity contribution >= 4 is 21.6 Å². The standard InChI is InChI=1S/C16H27BrN2/c1-5-12(3)10-16(6-2,11-18)19-15-8-13(4)7-14(17)9-15/h7-9,12,19H,5-6,10-11,18H2,1-4H3. The van der Waals surface area contributed by atoms with E-state index in [-0.39, 0.29) is 5.54 Å². The van der Waals surface area contributed by atoms with Gasteiger partial charge in [-0.25, -0.2) is 0 Å². The molecule has 1 aromatic carbocycles. The summed E-state index contributed by atoms with van der Waals surface area (Å²) >= 11 is 3.56. The Hall–Kier alpha value is -0.540. The van der Waals surface area contributed by atoms with E-state index in [9.17, 15) is 0 Å². The first kappa shape index (κ1) is 16.5. The van der Waals surface area contributed by atoms with Crippen LogP contribution in [0.1, 0.15) is 45.6 Å². The zero-order valence-corrected chi connectivity index (χ0v) is 14.2. The Labute approximate surface area is 126 Å². The van der Waals surface area contributed by atoms with Crippen LogP contribution in [0.25, 0.3) is 0 Å². The molecule has 1 rings (SSSR count). The summed E-state index contributed by atoms with van der Waals surface area (Å²) in [5.41, 5.74) is 8.48. The molecule has 0 spiro atoms. The Morgan fingerprint density at radius 1 is 1.32 bits per heavy atom. The highest BCUT2D eigenvalue weighted by Crippen LogP contribution is 2.28. The summed E-state index contributed by atoms with van der Waals surface area (Å²) in [7, 11) is 0. The third-order valence-electron chi connectivity index (χ3n) is 3.96. The fourth-order valence-electron chi connectivity index (χ4n) is 2.49. The van der Waals surface area contributed by atoms with Crippen LogP contribution >= 0.6 is 15.9 Å².